The molecule has 2 aromatic rings. The van der Waals surface area contributed by atoms with Gasteiger partial charge in [-0.05, 0) is 19.1 Å². The topological polar surface area (TPSA) is 73.2 Å². The summed E-state index contributed by atoms with van der Waals surface area (Å²) in [5.41, 5.74) is 0.628. The summed E-state index contributed by atoms with van der Waals surface area (Å²) in [5, 5.41) is 7.55. The number of hydrogen-bond acceptors (Lipinski definition) is 4. The summed E-state index contributed by atoms with van der Waals surface area (Å²) >= 11 is 0. The van der Waals surface area contributed by atoms with Gasteiger partial charge in [0.25, 0.3) is 0 Å². The highest BCUT2D eigenvalue weighted by Crippen LogP contribution is 2.08. The molecule has 0 spiro atoms. The van der Waals surface area contributed by atoms with Crippen LogP contribution >= 0.6 is 0 Å². The monoisotopic (exact) mass is 289 g/mol. The lowest BCUT2D eigenvalue weighted by Crippen LogP contribution is -2.36. The largest absolute Gasteiger partial charge is 0.383 e. The number of aryl methyl sites for hydroxylation is 1. The molecule has 0 aliphatic heterocycles. The van der Waals surface area contributed by atoms with Gasteiger partial charge in [0.1, 0.15) is 0 Å². The summed E-state index contributed by atoms with van der Waals surface area (Å²) in [7, 11) is 1.60. The molecule has 1 N–H and O–H groups in total. The normalized spacial score (nSPS) is 12.3. The fourth-order valence-electron chi connectivity index (χ4n) is 2.19. The first-order chi connectivity index (χ1) is 10.1. The zero-order valence-electron chi connectivity index (χ0n) is 12.2. The molecule has 6 heteroatoms. The van der Waals surface area contributed by atoms with Crippen LogP contribution in [-0.4, -0.2) is 35.4 Å². The van der Waals surface area contributed by atoms with Crippen LogP contribution in [0.5, 0.6) is 0 Å². The molecule has 1 aromatic carbocycles. The van der Waals surface area contributed by atoms with E-state index in [9.17, 15) is 9.59 Å². The van der Waals surface area contributed by atoms with Gasteiger partial charge in [-0.2, -0.15) is 5.10 Å². The lowest BCUT2D eigenvalue weighted by atomic mass is 10.2. The van der Waals surface area contributed by atoms with Gasteiger partial charge in [-0.1, -0.05) is 12.1 Å². The van der Waals surface area contributed by atoms with Crippen LogP contribution in [0.15, 0.2) is 35.3 Å². The molecule has 0 fully saturated rings. The number of hydrogen-bond donors (Lipinski definition) is 1. The zero-order chi connectivity index (χ0) is 15.2. The molecule has 0 aliphatic rings. The van der Waals surface area contributed by atoms with E-state index in [4.69, 9.17) is 4.74 Å². The molecule has 0 saturated heterocycles. The second-order valence-electron chi connectivity index (χ2n) is 4.92. The Morgan fingerprint density at radius 1 is 1.43 bits per heavy atom. The average Bonchev–Trinajstić information content (AvgIpc) is 2.47. The van der Waals surface area contributed by atoms with E-state index < -0.39 is 0 Å². The molecule has 1 unspecified atom stereocenters. The summed E-state index contributed by atoms with van der Waals surface area (Å²) in [6.45, 7) is 2.78. The number of nitrogens with one attached hydrogen (secondary N) is 1. The molecule has 0 saturated carbocycles. The number of methoxy groups -OCH3 is 1. The van der Waals surface area contributed by atoms with E-state index in [0.29, 0.717) is 25.0 Å². The number of para-hydroxylation sites is 1. The first kappa shape index (κ1) is 15.2. The van der Waals surface area contributed by atoms with Crippen molar-refractivity contribution in [1.82, 2.24) is 15.1 Å². The van der Waals surface area contributed by atoms with E-state index in [1.807, 2.05) is 25.1 Å². The lowest BCUT2D eigenvalue weighted by molar-refractivity contribution is -0.122. The number of rotatable bonds is 6. The van der Waals surface area contributed by atoms with Gasteiger partial charge in [0.15, 0.2) is 0 Å². The number of nitrogens with zero attached hydrogens (tertiary/aromatic N) is 2. The van der Waals surface area contributed by atoms with E-state index >= 15 is 0 Å². The van der Waals surface area contributed by atoms with Crippen LogP contribution in [0, 0.1) is 0 Å². The molecule has 112 valence electrons. The Morgan fingerprint density at radius 2 is 2.19 bits per heavy atom. The second kappa shape index (κ2) is 6.99. The first-order valence-electron chi connectivity index (χ1n) is 6.85. The van der Waals surface area contributed by atoms with Crippen LogP contribution in [0.4, 0.5) is 0 Å². The third kappa shape index (κ3) is 3.88. The fourth-order valence-corrected chi connectivity index (χ4v) is 2.19. The van der Waals surface area contributed by atoms with Crippen molar-refractivity contribution in [2.24, 2.45) is 0 Å². The van der Waals surface area contributed by atoms with Gasteiger partial charge < -0.3 is 10.1 Å². The fraction of sp³-hybridized carbons (Fsp3) is 0.400. The highest BCUT2D eigenvalue weighted by Gasteiger charge is 2.09. The third-order valence-electron chi connectivity index (χ3n) is 3.14. The summed E-state index contributed by atoms with van der Waals surface area (Å²) in [5.74, 6) is -0.0656. The Hall–Kier alpha value is -2.21. The Kier molecular flexibility index (Phi) is 5.05. The Balaban J connectivity index is 2.06. The smallest absolute Gasteiger partial charge is 0.222 e. The number of carbonyl (C=O) groups excluding carboxylic acids is 1. The summed E-state index contributed by atoms with van der Waals surface area (Å²) in [4.78, 5) is 23.6. The van der Waals surface area contributed by atoms with E-state index in [1.165, 1.54) is 6.20 Å². The molecule has 1 aromatic heterocycles. The second-order valence-corrected chi connectivity index (χ2v) is 4.92. The minimum absolute atomic E-state index is 0.0266. The quantitative estimate of drug-likeness (QED) is 0.859. The molecule has 2 rings (SSSR count). The van der Waals surface area contributed by atoms with Crippen LogP contribution < -0.4 is 10.7 Å². The number of amides is 1. The molecule has 1 amide bonds. The van der Waals surface area contributed by atoms with Crippen molar-refractivity contribution in [1.29, 1.82) is 0 Å². The summed E-state index contributed by atoms with van der Waals surface area (Å²) < 4.78 is 6.65. The number of carbonyl (C=O) groups is 1. The molecule has 6 nitrogen and oxygen atoms in total. The van der Waals surface area contributed by atoms with Crippen molar-refractivity contribution >= 4 is 16.8 Å². The van der Waals surface area contributed by atoms with Crippen molar-refractivity contribution in [3.63, 3.8) is 0 Å². The number of aromatic nitrogens is 2. The van der Waals surface area contributed by atoms with Crippen molar-refractivity contribution in [3.8, 4) is 0 Å². The first-order valence-corrected chi connectivity index (χ1v) is 6.85. The molecule has 1 atom stereocenters. The minimum atomic E-state index is -0.111. The Bertz CT molecular complexity index is 681. The highest BCUT2D eigenvalue weighted by atomic mass is 16.5. The van der Waals surface area contributed by atoms with Gasteiger partial charge in [0.05, 0.1) is 24.9 Å². The lowest BCUT2D eigenvalue weighted by Gasteiger charge is -2.13. The average molecular weight is 289 g/mol. The summed E-state index contributed by atoms with van der Waals surface area (Å²) in [6, 6.07) is 7.22. The molecule has 0 bridgehead atoms. The van der Waals surface area contributed by atoms with Gasteiger partial charge in [-0.3, -0.25) is 14.3 Å². The molecular weight excluding hydrogens is 270 g/mol. The minimum Gasteiger partial charge on any atom is -0.383 e. The van der Waals surface area contributed by atoms with Crippen molar-refractivity contribution < 1.29 is 9.53 Å². The van der Waals surface area contributed by atoms with Gasteiger partial charge in [-0.25, -0.2) is 0 Å². The van der Waals surface area contributed by atoms with E-state index in [1.54, 1.807) is 17.9 Å². The van der Waals surface area contributed by atoms with E-state index in [0.717, 1.165) is 5.52 Å². The Morgan fingerprint density at radius 3 is 2.95 bits per heavy atom. The maximum atomic E-state index is 11.8. The highest BCUT2D eigenvalue weighted by molar-refractivity contribution is 5.79. The third-order valence-corrected chi connectivity index (χ3v) is 3.14. The van der Waals surface area contributed by atoms with Crippen molar-refractivity contribution in [2.75, 3.05) is 13.7 Å². The number of fused-ring (bicyclic) bond motifs is 1. The van der Waals surface area contributed by atoms with Gasteiger partial charge in [0, 0.05) is 25.0 Å². The molecule has 1 heterocycles. The summed E-state index contributed by atoms with van der Waals surface area (Å²) in [6.07, 6.45) is 1.59. The van der Waals surface area contributed by atoms with Crippen molar-refractivity contribution in [2.45, 2.75) is 25.9 Å². The molecule has 0 radical (unpaired) electrons. The predicted molar refractivity (Wildman–Crippen MR) is 80.1 cm³/mol. The van der Waals surface area contributed by atoms with Gasteiger partial charge in [-0.15, -0.1) is 0 Å². The van der Waals surface area contributed by atoms with Crippen molar-refractivity contribution in [3.05, 3.63) is 40.7 Å². The van der Waals surface area contributed by atoms with E-state index in [-0.39, 0.29) is 17.4 Å². The molecule has 21 heavy (non-hydrogen) atoms. The maximum absolute atomic E-state index is 11.8. The predicted octanol–water partition coefficient (Wildman–Crippen LogP) is 0.938. The van der Waals surface area contributed by atoms with Crippen LogP contribution in [-0.2, 0) is 16.1 Å². The zero-order valence-corrected chi connectivity index (χ0v) is 12.2. The van der Waals surface area contributed by atoms with Crippen LogP contribution in [0.2, 0.25) is 0 Å². The maximum Gasteiger partial charge on any atom is 0.222 e. The van der Waals surface area contributed by atoms with E-state index in [2.05, 4.69) is 10.4 Å². The standard InChI is InChI=1S/C15H19N3O3/c1-11(10-21-2)17-15(20)7-8-18-13-6-4-3-5-12(13)14(19)9-16-18/h3-6,9,11H,7-8,10H2,1-2H3,(H,17,20). The van der Waals surface area contributed by atoms with Crippen LogP contribution in [0.25, 0.3) is 10.9 Å². The SMILES string of the molecule is COCC(C)NC(=O)CCn1ncc(=O)c2ccccc21. The molecular formula is C15H19N3O3. The van der Waals surface area contributed by atoms with Gasteiger partial charge >= 0.3 is 0 Å². The van der Waals surface area contributed by atoms with Crippen LogP contribution in [0.1, 0.15) is 13.3 Å². The van der Waals surface area contributed by atoms with Gasteiger partial charge in [0.2, 0.25) is 11.3 Å². The Labute approximate surface area is 122 Å². The number of benzene rings is 1. The molecule has 0 aliphatic carbocycles. The number of ether oxygens (including phenoxy) is 1. The van der Waals surface area contributed by atoms with Crippen LogP contribution in [0.3, 0.4) is 0 Å².